The van der Waals surface area contributed by atoms with Gasteiger partial charge in [0.25, 0.3) is 0 Å². The number of fused-ring (bicyclic) bond motifs is 1. The first-order valence-electron chi connectivity index (χ1n) is 5.56. The van der Waals surface area contributed by atoms with Crippen molar-refractivity contribution in [2.75, 3.05) is 13.1 Å². The average molecular weight is 205 g/mol. The van der Waals surface area contributed by atoms with Crippen LogP contribution in [0.4, 0.5) is 0 Å². The number of piperidine rings is 1. The van der Waals surface area contributed by atoms with E-state index in [1.54, 1.807) is 0 Å². The molecular formula is C12H15NO2. The number of rotatable bonds is 1. The summed E-state index contributed by atoms with van der Waals surface area (Å²) < 4.78 is 11.6. The van der Waals surface area contributed by atoms with Crippen LogP contribution in [-0.2, 0) is 0 Å². The third-order valence-electron chi connectivity index (χ3n) is 3.06. The summed E-state index contributed by atoms with van der Waals surface area (Å²) >= 11 is 0. The van der Waals surface area contributed by atoms with Crippen LogP contribution >= 0.6 is 0 Å². The van der Waals surface area contributed by atoms with E-state index in [-0.39, 0.29) is 6.29 Å². The molecule has 1 saturated heterocycles. The maximum absolute atomic E-state index is 5.78. The van der Waals surface area contributed by atoms with E-state index in [4.69, 9.17) is 9.47 Å². The van der Waals surface area contributed by atoms with Gasteiger partial charge in [0.1, 0.15) is 0 Å². The molecule has 3 rings (SSSR count). The zero-order valence-corrected chi connectivity index (χ0v) is 8.61. The summed E-state index contributed by atoms with van der Waals surface area (Å²) in [5.74, 6) is 2.24. The van der Waals surface area contributed by atoms with E-state index >= 15 is 0 Å². The fourth-order valence-electron chi connectivity index (χ4n) is 2.22. The fraction of sp³-hybridized carbons (Fsp3) is 0.500. The SMILES string of the molecule is c1ccc2c(c1)OC(C1CCCNC1)O2. The quantitative estimate of drug-likeness (QED) is 0.758. The minimum absolute atomic E-state index is 0.0878. The van der Waals surface area contributed by atoms with Gasteiger partial charge in [-0.25, -0.2) is 0 Å². The molecule has 1 fully saturated rings. The Labute approximate surface area is 89.4 Å². The van der Waals surface area contributed by atoms with Crippen LogP contribution < -0.4 is 14.8 Å². The lowest BCUT2D eigenvalue weighted by atomic mass is 9.99. The number of para-hydroxylation sites is 2. The van der Waals surface area contributed by atoms with Crippen molar-refractivity contribution in [1.29, 1.82) is 0 Å². The zero-order chi connectivity index (χ0) is 10.1. The standard InChI is InChI=1S/C12H15NO2/c1-2-6-11-10(5-1)14-12(15-11)9-4-3-7-13-8-9/h1-2,5-6,9,12-13H,3-4,7-8H2. The Morgan fingerprint density at radius 1 is 1.13 bits per heavy atom. The topological polar surface area (TPSA) is 30.5 Å². The highest BCUT2D eigenvalue weighted by molar-refractivity contribution is 5.41. The minimum atomic E-state index is -0.0878. The van der Waals surface area contributed by atoms with Crippen molar-refractivity contribution in [1.82, 2.24) is 5.32 Å². The highest BCUT2D eigenvalue weighted by Gasteiger charge is 2.32. The number of benzene rings is 1. The summed E-state index contributed by atoms with van der Waals surface area (Å²) in [6, 6.07) is 7.88. The van der Waals surface area contributed by atoms with Gasteiger partial charge in [0.2, 0.25) is 6.29 Å². The molecule has 2 aliphatic rings. The fourth-order valence-corrected chi connectivity index (χ4v) is 2.22. The molecule has 0 bridgehead atoms. The first-order chi connectivity index (χ1) is 7.43. The molecule has 1 unspecified atom stereocenters. The van der Waals surface area contributed by atoms with Crippen molar-refractivity contribution in [2.24, 2.45) is 5.92 Å². The smallest absolute Gasteiger partial charge is 0.245 e. The summed E-state index contributed by atoms with van der Waals surface area (Å²) in [4.78, 5) is 0. The predicted molar refractivity (Wildman–Crippen MR) is 57.1 cm³/mol. The van der Waals surface area contributed by atoms with Crippen LogP contribution in [0.1, 0.15) is 12.8 Å². The van der Waals surface area contributed by atoms with Crippen LogP contribution in [0.3, 0.4) is 0 Å². The molecule has 2 aliphatic heterocycles. The van der Waals surface area contributed by atoms with E-state index in [0.717, 1.165) is 24.6 Å². The van der Waals surface area contributed by atoms with Gasteiger partial charge in [0.05, 0.1) is 0 Å². The summed E-state index contributed by atoms with van der Waals surface area (Å²) in [5.41, 5.74) is 0. The largest absolute Gasteiger partial charge is 0.451 e. The van der Waals surface area contributed by atoms with E-state index in [9.17, 15) is 0 Å². The van der Waals surface area contributed by atoms with Crippen molar-refractivity contribution in [3.05, 3.63) is 24.3 Å². The van der Waals surface area contributed by atoms with Crippen molar-refractivity contribution in [2.45, 2.75) is 19.1 Å². The molecule has 0 radical (unpaired) electrons. The minimum Gasteiger partial charge on any atom is -0.451 e. The van der Waals surface area contributed by atoms with Crippen LogP contribution in [0.5, 0.6) is 11.5 Å². The monoisotopic (exact) mass is 205 g/mol. The first-order valence-corrected chi connectivity index (χ1v) is 5.56. The predicted octanol–water partition coefficient (Wildman–Crippen LogP) is 1.78. The van der Waals surface area contributed by atoms with Gasteiger partial charge in [-0.2, -0.15) is 0 Å². The average Bonchev–Trinajstić information content (AvgIpc) is 2.74. The van der Waals surface area contributed by atoms with E-state index in [1.165, 1.54) is 12.8 Å². The molecule has 1 atom stereocenters. The van der Waals surface area contributed by atoms with E-state index in [1.807, 2.05) is 24.3 Å². The van der Waals surface area contributed by atoms with Gasteiger partial charge in [-0.1, -0.05) is 12.1 Å². The molecule has 1 aromatic rings. The Bertz CT molecular complexity index is 322. The lowest BCUT2D eigenvalue weighted by Crippen LogP contribution is -2.40. The molecule has 3 heteroatoms. The number of nitrogens with one attached hydrogen (secondary N) is 1. The second-order valence-electron chi connectivity index (χ2n) is 4.16. The summed E-state index contributed by atoms with van der Waals surface area (Å²) in [6.07, 6.45) is 2.31. The number of hydrogen-bond donors (Lipinski definition) is 1. The van der Waals surface area contributed by atoms with E-state index in [2.05, 4.69) is 5.32 Å². The Hall–Kier alpha value is -1.22. The summed E-state index contributed by atoms with van der Waals surface area (Å²) in [7, 11) is 0. The van der Waals surface area contributed by atoms with Crippen LogP contribution in [0.15, 0.2) is 24.3 Å². The molecule has 3 nitrogen and oxygen atoms in total. The van der Waals surface area contributed by atoms with Crippen molar-refractivity contribution in [3.8, 4) is 11.5 Å². The number of ether oxygens (including phenoxy) is 2. The van der Waals surface area contributed by atoms with Crippen molar-refractivity contribution >= 4 is 0 Å². The third kappa shape index (κ3) is 1.67. The van der Waals surface area contributed by atoms with Crippen LogP contribution in [0, 0.1) is 5.92 Å². The van der Waals surface area contributed by atoms with E-state index in [0.29, 0.717) is 5.92 Å². The van der Waals surface area contributed by atoms with Crippen LogP contribution in [0.2, 0.25) is 0 Å². The maximum atomic E-state index is 5.78. The molecule has 80 valence electrons. The third-order valence-corrected chi connectivity index (χ3v) is 3.06. The highest BCUT2D eigenvalue weighted by Crippen LogP contribution is 2.37. The molecule has 1 N–H and O–H groups in total. The lowest BCUT2D eigenvalue weighted by Gasteiger charge is -2.26. The number of hydrogen-bond acceptors (Lipinski definition) is 3. The van der Waals surface area contributed by atoms with Gasteiger partial charge in [-0.15, -0.1) is 0 Å². The molecule has 0 aromatic heterocycles. The Balaban J connectivity index is 1.72. The second kappa shape index (κ2) is 3.74. The molecule has 0 aliphatic carbocycles. The molecule has 2 heterocycles. The highest BCUT2D eigenvalue weighted by atomic mass is 16.7. The normalized spacial score (nSPS) is 25.5. The van der Waals surface area contributed by atoms with E-state index < -0.39 is 0 Å². The molecule has 15 heavy (non-hydrogen) atoms. The molecule has 0 saturated carbocycles. The van der Waals surface area contributed by atoms with Gasteiger partial charge in [0.15, 0.2) is 11.5 Å². The summed E-state index contributed by atoms with van der Waals surface area (Å²) in [6.45, 7) is 2.12. The molecule has 1 aromatic carbocycles. The van der Waals surface area contributed by atoms with Gasteiger partial charge < -0.3 is 14.8 Å². The Morgan fingerprint density at radius 2 is 1.87 bits per heavy atom. The van der Waals surface area contributed by atoms with Gasteiger partial charge >= 0.3 is 0 Å². The Kier molecular flexibility index (Phi) is 2.25. The molecule has 0 amide bonds. The van der Waals surface area contributed by atoms with Crippen molar-refractivity contribution < 1.29 is 9.47 Å². The van der Waals surface area contributed by atoms with Crippen LogP contribution in [0.25, 0.3) is 0 Å². The van der Waals surface area contributed by atoms with Crippen molar-refractivity contribution in [3.63, 3.8) is 0 Å². The zero-order valence-electron chi connectivity index (χ0n) is 8.61. The maximum Gasteiger partial charge on any atom is 0.245 e. The van der Waals surface area contributed by atoms with Crippen LogP contribution in [-0.4, -0.2) is 19.4 Å². The van der Waals surface area contributed by atoms with Gasteiger partial charge in [-0.3, -0.25) is 0 Å². The second-order valence-corrected chi connectivity index (χ2v) is 4.16. The molecular weight excluding hydrogens is 190 g/mol. The van der Waals surface area contributed by atoms with Gasteiger partial charge in [-0.05, 0) is 31.5 Å². The molecule has 0 spiro atoms. The lowest BCUT2D eigenvalue weighted by molar-refractivity contribution is -0.0123. The first kappa shape index (κ1) is 9.04. The Morgan fingerprint density at radius 3 is 2.47 bits per heavy atom. The summed E-state index contributed by atoms with van der Waals surface area (Å²) in [5, 5.41) is 3.38. The van der Waals surface area contributed by atoms with Gasteiger partial charge in [0, 0.05) is 12.5 Å².